The van der Waals surface area contributed by atoms with E-state index in [1.165, 1.54) is 24.0 Å². The Morgan fingerprint density at radius 3 is 2.48 bits per heavy atom. The number of hydrogen-bond acceptors (Lipinski definition) is 2. The summed E-state index contributed by atoms with van der Waals surface area (Å²) in [7, 11) is 0. The summed E-state index contributed by atoms with van der Waals surface area (Å²) in [5.74, 6) is 0.562. The minimum Gasteiger partial charge on any atom is -0.395 e. The minimum atomic E-state index is -0.0241. The standard InChI is InChI=1S/C17H24N2O2/c1-12-2-4-13(5-3-12)16(14-6-7-14)18-17(21)19(10-11-20)15-8-9-15/h2-5,14-16,20H,6-11H2,1H3,(H,18,21)/t16-/m0/s1. The van der Waals surface area contributed by atoms with Crippen LogP contribution in [0.3, 0.4) is 0 Å². The molecule has 0 aromatic heterocycles. The third-order valence-corrected chi connectivity index (χ3v) is 4.40. The van der Waals surface area contributed by atoms with Crippen molar-refractivity contribution in [2.24, 2.45) is 5.92 Å². The van der Waals surface area contributed by atoms with Crippen molar-refractivity contribution in [2.45, 2.75) is 44.7 Å². The Balaban J connectivity index is 1.69. The molecule has 4 nitrogen and oxygen atoms in total. The Morgan fingerprint density at radius 2 is 1.95 bits per heavy atom. The van der Waals surface area contributed by atoms with Crippen LogP contribution in [-0.4, -0.2) is 35.2 Å². The number of aliphatic hydroxyl groups is 1. The van der Waals surface area contributed by atoms with Crippen LogP contribution in [0.1, 0.15) is 42.9 Å². The molecule has 2 N–H and O–H groups in total. The number of nitrogens with one attached hydrogen (secondary N) is 1. The molecule has 0 spiro atoms. The summed E-state index contributed by atoms with van der Waals surface area (Å²) >= 11 is 0. The van der Waals surface area contributed by atoms with Crippen LogP contribution >= 0.6 is 0 Å². The molecule has 114 valence electrons. The number of urea groups is 1. The zero-order chi connectivity index (χ0) is 14.8. The molecule has 1 atom stereocenters. The van der Waals surface area contributed by atoms with E-state index in [2.05, 4.69) is 36.5 Å². The summed E-state index contributed by atoms with van der Waals surface area (Å²) in [6.45, 7) is 2.54. The molecule has 0 aliphatic heterocycles. The highest BCUT2D eigenvalue weighted by atomic mass is 16.3. The molecule has 0 radical (unpaired) electrons. The van der Waals surface area contributed by atoms with Gasteiger partial charge in [0.15, 0.2) is 0 Å². The molecule has 0 heterocycles. The molecule has 0 unspecified atom stereocenters. The Kier molecular flexibility index (Phi) is 4.15. The summed E-state index contributed by atoms with van der Waals surface area (Å²) in [5.41, 5.74) is 2.43. The first-order valence-corrected chi connectivity index (χ1v) is 7.93. The van der Waals surface area contributed by atoms with Gasteiger partial charge in [-0.3, -0.25) is 0 Å². The van der Waals surface area contributed by atoms with Gasteiger partial charge in [0.2, 0.25) is 0 Å². The number of nitrogens with zero attached hydrogens (tertiary/aromatic N) is 1. The molecule has 1 aromatic carbocycles. The van der Waals surface area contributed by atoms with Gasteiger partial charge in [0, 0.05) is 12.6 Å². The lowest BCUT2D eigenvalue weighted by Crippen LogP contribution is -2.44. The Hall–Kier alpha value is -1.55. The highest BCUT2D eigenvalue weighted by Crippen LogP contribution is 2.41. The van der Waals surface area contributed by atoms with E-state index in [1.54, 1.807) is 4.90 Å². The van der Waals surface area contributed by atoms with Gasteiger partial charge in [0.1, 0.15) is 0 Å². The number of aryl methyl sites for hydroxylation is 1. The van der Waals surface area contributed by atoms with Crippen molar-refractivity contribution in [1.82, 2.24) is 10.2 Å². The van der Waals surface area contributed by atoms with Crippen molar-refractivity contribution >= 4 is 6.03 Å². The minimum absolute atomic E-state index is 0.0241. The average Bonchev–Trinajstić information content (AvgIpc) is 3.36. The van der Waals surface area contributed by atoms with Crippen molar-refractivity contribution < 1.29 is 9.90 Å². The lowest BCUT2D eigenvalue weighted by Gasteiger charge is -2.26. The van der Waals surface area contributed by atoms with Gasteiger partial charge in [-0.2, -0.15) is 0 Å². The SMILES string of the molecule is Cc1ccc([C@H](NC(=O)N(CCO)C2CC2)C2CC2)cc1. The first kappa shape index (κ1) is 14.4. The van der Waals surface area contributed by atoms with Gasteiger partial charge >= 0.3 is 6.03 Å². The Morgan fingerprint density at radius 1 is 1.29 bits per heavy atom. The molecule has 2 fully saturated rings. The van der Waals surface area contributed by atoms with E-state index in [1.807, 2.05) is 0 Å². The summed E-state index contributed by atoms with van der Waals surface area (Å²) in [4.78, 5) is 14.3. The van der Waals surface area contributed by atoms with E-state index >= 15 is 0 Å². The zero-order valence-corrected chi connectivity index (χ0v) is 12.6. The van der Waals surface area contributed by atoms with Crippen LogP contribution in [0.25, 0.3) is 0 Å². The fourth-order valence-corrected chi connectivity index (χ4v) is 2.84. The average molecular weight is 288 g/mol. The molecule has 2 amide bonds. The third kappa shape index (κ3) is 3.56. The fourth-order valence-electron chi connectivity index (χ4n) is 2.84. The second kappa shape index (κ2) is 6.06. The third-order valence-electron chi connectivity index (χ3n) is 4.40. The van der Waals surface area contributed by atoms with E-state index in [4.69, 9.17) is 5.11 Å². The van der Waals surface area contributed by atoms with E-state index in [-0.39, 0.29) is 18.7 Å². The number of carbonyl (C=O) groups is 1. The molecule has 0 saturated heterocycles. The number of rotatable bonds is 6. The largest absolute Gasteiger partial charge is 0.395 e. The summed E-state index contributed by atoms with van der Waals surface area (Å²) in [6.07, 6.45) is 4.49. The number of aliphatic hydroxyl groups excluding tert-OH is 1. The number of amides is 2. The van der Waals surface area contributed by atoms with Crippen molar-refractivity contribution in [3.05, 3.63) is 35.4 Å². The van der Waals surface area contributed by atoms with Crippen LogP contribution in [-0.2, 0) is 0 Å². The second-order valence-corrected chi connectivity index (χ2v) is 6.32. The number of carbonyl (C=O) groups excluding carboxylic acids is 1. The van der Waals surface area contributed by atoms with Crippen LogP contribution in [0.15, 0.2) is 24.3 Å². The van der Waals surface area contributed by atoms with Crippen molar-refractivity contribution in [3.8, 4) is 0 Å². The van der Waals surface area contributed by atoms with E-state index in [0.29, 0.717) is 18.5 Å². The van der Waals surface area contributed by atoms with Crippen molar-refractivity contribution in [3.63, 3.8) is 0 Å². The van der Waals surface area contributed by atoms with E-state index in [0.717, 1.165) is 12.8 Å². The monoisotopic (exact) mass is 288 g/mol. The quantitative estimate of drug-likeness (QED) is 0.845. The van der Waals surface area contributed by atoms with Crippen molar-refractivity contribution in [1.29, 1.82) is 0 Å². The Bertz CT molecular complexity index is 492. The smallest absolute Gasteiger partial charge is 0.318 e. The number of benzene rings is 1. The maximum Gasteiger partial charge on any atom is 0.318 e. The van der Waals surface area contributed by atoms with Crippen LogP contribution < -0.4 is 5.32 Å². The highest BCUT2D eigenvalue weighted by molar-refractivity contribution is 5.75. The van der Waals surface area contributed by atoms with Gasteiger partial charge in [-0.15, -0.1) is 0 Å². The van der Waals surface area contributed by atoms with Crippen LogP contribution in [0.5, 0.6) is 0 Å². The van der Waals surface area contributed by atoms with Gasteiger partial charge in [-0.05, 0) is 44.1 Å². The molecule has 2 aliphatic carbocycles. The van der Waals surface area contributed by atoms with E-state index in [9.17, 15) is 4.79 Å². The lowest BCUT2D eigenvalue weighted by molar-refractivity contribution is 0.169. The van der Waals surface area contributed by atoms with Gasteiger partial charge in [-0.1, -0.05) is 29.8 Å². The van der Waals surface area contributed by atoms with Crippen LogP contribution in [0.2, 0.25) is 0 Å². The molecule has 4 heteroatoms. The molecular formula is C17H24N2O2. The maximum atomic E-state index is 12.5. The van der Waals surface area contributed by atoms with Gasteiger partial charge < -0.3 is 15.3 Å². The molecule has 0 bridgehead atoms. The first-order valence-electron chi connectivity index (χ1n) is 7.93. The molecule has 3 rings (SSSR count). The maximum absolute atomic E-state index is 12.5. The first-order chi connectivity index (χ1) is 10.2. The normalized spacial score (nSPS) is 19.1. The highest BCUT2D eigenvalue weighted by Gasteiger charge is 2.37. The molecular weight excluding hydrogens is 264 g/mol. The van der Waals surface area contributed by atoms with Gasteiger partial charge in [0.05, 0.1) is 12.6 Å². The Labute approximate surface area is 126 Å². The zero-order valence-electron chi connectivity index (χ0n) is 12.6. The predicted molar refractivity (Wildman–Crippen MR) is 82.0 cm³/mol. The topological polar surface area (TPSA) is 52.6 Å². The van der Waals surface area contributed by atoms with E-state index < -0.39 is 0 Å². The van der Waals surface area contributed by atoms with Crippen LogP contribution in [0.4, 0.5) is 4.79 Å². The molecule has 2 saturated carbocycles. The van der Waals surface area contributed by atoms with Crippen LogP contribution in [0, 0.1) is 12.8 Å². The molecule has 2 aliphatic rings. The summed E-state index contributed by atoms with van der Waals surface area (Å²) in [5, 5.41) is 12.3. The summed E-state index contributed by atoms with van der Waals surface area (Å²) in [6, 6.07) is 8.85. The van der Waals surface area contributed by atoms with Gasteiger partial charge in [-0.25, -0.2) is 4.79 Å². The summed E-state index contributed by atoms with van der Waals surface area (Å²) < 4.78 is 0. The van der Waals surface area contributed by atoms with Crippen molar-refractivity contribution in [2.75, 3.05) is 13.2 Å². The second-order valence-electron chi connectivity index (χ2n) is 6.32. The lowest BCUT2D eigenvalue weighted by atomic mass is 10.0. The fraction of sp³-hybridized carbons (Fsp3) is 0.588. The van der Waals surface area contributed by atoms with Gasteiger partial charge in [0.25, 0.3) is 0 Å². The number of hydrogen-bond donors (Lipinski definition) is 2. The molecule has 1 aromatic rings. The molecule has 21 heavy (non-hydrogen) atoms. The predicted octanol–water partition coefficient (Wildman–Crippen LogP) is 2.61.